The van der Waals surface area contributed by atoms with Gasteiger partial charge in [0.25, 0.3) is 0 Å². The number of halogens is 3. The molecule has 1 atom stereocenters. The minimum absolute atomic E-state index is 0.0332. The highest BCUT2D eigenvalue weighted by atomic mass is 19.4. The molecule has 1 aliphatic heterocycles. The molecule has 1 aromatic carbocycles. The highest BCUT2D eigenvalue weighted by Gasteiger charge is 2.33. The van der Waals surface area contributed by atoms with E-state index in [9.17, 15) is 22.8 Å². The molecule has 0 bridgehead atoms. The molecule has 2 rings (SSSR count). The maximum atomic E-state index is 12.7. The summed E-state index contributed by atoms with van der Waals surface area (Å²) < 4.78 is 43.0. The number of piperidine rings is 1. The van der Waals surface area contributed by atoms with Gasteiger partial charge in [0, 0.05) is 31.7 Å². The van der Waals surface area contributed by atoms with Crippen molar-refractivity contribution < 1.29 is 27.5 Å². The van der Waals surface area contributed by atoms with Crippen molar-refractivity contribution in [2.75, 3.05) is 26.8 Å². The number of alkyl halides is 3. The number of nitrogens with zero attached hydrogens (tertiary/aromatic N) is 1. The summed E-state index contributed by atoms with van der Waals surface area (Å²) in [5.74, 6) is -1.05. The molecule has 126 valence electrons. The van der Waals surface area contributed by atoms with E-state index >= 15 is 0 Å². The molecule has 7 heteroatoms. The zero-order chi connectivity index (χ0) is 17.0. The standard InChI is InChI=1S/C16H18F3NO3/c1-23-10-14(21)20-7-3-5-12(9-20)15(22)11-4-2-6-13(8-11)16(17,18)19/h2,4,6,8,12H,3,5,7,9-10H2,1H3/t12-/m0/s1. The Labute approximate surface area is 132 Å². The summed E-state index contributed by atoms with van der Waals surface area (Å²) in [6, 6.07) is 4.42. The Morgan fingerprint density at radius 2 is 2.09 bits per heavy atom. The number of benzene rings is 1. The number of methoxy groups -OCH3 is 1. The van der Waals surface area contributed by atoms with E-state index in [1.54, 1.807) is 0 Å². The molecule has 0 aromatic heterocycles. The van der Waals surface area contributed by atoms with Crippen molar-refractivity contribution >= 4 is 11.7 Å². The van der Waals surface area contributed by atoms with Gasteiger partial charge in [-0.2, -0.15) is 13.2 Å². The third kappa shape index (κ3) is 4.31. The molecule has 0 unspecified atom stereocenters. The lowest BCUT2D eigenvalue weighted by Crippen LogP contribution is -2.43. The molecule has 0 spiro atoms. The second kappa shape index (κ2) is 7.12. The molecule has 1 aromatic rings. The van der Waals surface area contributed by atoms with E-state index < -0.39 is 17.7 Å². The summed E-state index contributed by atoms with van der Waals surface area (Å²) in [5.41, 5.74) is -0.808. The lowest BCUT2D eigenvalue weighted by atomic mass is 9.89. The summed E-state index contributed by atoms with van der Waals surface area (Å²) in [4.78, 5) is 25.8. The van der Waals surface area contributed by atoms with Crippen LogP contribution < -0.4 is 0 Å². The number of likely N-dealkylation sites (tertiary alicyclic amines) is 1. The maximum absolute atomic E-state index is 12.7. The maximum Gasteiger partial charge on any atom is 0.416 e. The SMILES string of the molecule is COCC(=O)N1CCC[C@H](C(=O)c2cccc(C(F)(F)F)c2)C1. The molecule has 23 heavy (non-hydrogen) atoms. The van der Waals surface area contributed by atoms with Crippen LogP contribution in [-0.4, -0.2) is 43.4 Å². The Bertz CT molecular complexity index is 586. The highest BCUT2D eigenvalue weighted by molar-refractivity contribution is 5.98. The van der Waals surface area contributed by atoms with Gasteiger partial charge in [-0.15, -0.1) is 0 Å². The Kier molecular flexibility index (Phi) is 5.41. The number of ether oxygens (including phenoxy) is 1. The predicted octanol–water partition coefficient (Wildman–Crippen LogP) is 2.77. The van der Waals surface area contributed by atoms with Gasteiger partial charge in [-0.3, -0.25) is 9.59 Å². The van der Waals surface area contributed by atoms with Crippen LogP contribution in [0, 0.1) is 5.92 Å². The van der Waals surface area contributed by atoms with Crippen LogP contribution in [0.1, 0.15) is 28.8 Å². The summed E-state index contributed by atoms with van der Waals surface area (Å²) >= 11 is 0. The van der Waals surface area contributed by atoms with Crippen molar-refractivity contribution in [1.82, 2.24) is 4.90 Å². The topological polar surface area (TPSA) is 46.6 Å². The van der Waals surface area contributed by atoms with Gasteiger partial charge in [0.2, 0.25) is 5.91 Å². The summed E-state index contributed by atoms with van der Waals surface area (Å²) in [5, 5.41) is 0. The molecule has 0 saturated carbocycles. The van der Waals surface area contributed by atoms with E-state index in [1.165, 1.54) is 24.1 Å². The fraction of sp³-hybridized carbons (Fsp3) is 0.500. The zero-order valence-corrected chi connectivity index (χ0v) is 12.7. The fourth-order valence-electron chi connectivity index (χ4n) is 2.72. The lowest BCUT2D eigenvalue weighted by Gasteiger charge is -2.32. The quantitative estimate of drug-likeness (QED) is 0.798. The number of hydrogen-bond donors (Lipinski definition) is 0. The zero-order valence-electron chi connectivity index (χ0n) is 12.7. The van der Waals surface area contributed by atoms with Crippen molar-refractivity contribution in [3.63, 3.8) is 0 Å². The van der Waals surface area contributed by atoms with Crippen LogP contribution in [-0.2, 0) is 15.7 Å². The first-order chi connectivity index (χ1) is 10.8. The number of rotatable bonds is 4. The summed E-state index contributed by atoms with van der Waals surface area (Å²) in [7, 11) is 1.41. The number of carbonyl (C=O) groups is 2. The Morgan fingerprint density at radius 3 is 2.74 bits per heavy atom. The second-order valence-electron chi connectivity index (χ2n) is 5.55. The minimum Gasteiger partial charge on any atom is -0.375 e. The van der Waals surface area contributed by atoms with Crippen LogP contribution in [0.2, 0.25) is 0 Å². The summed E-state index contributed by atoms with van der Waals surface area (Å²) in [6.45, 7) is 0.691. The van der Waals surface area contributed by atoms with Crippen LogP contribution in [0.3, 0.4) is 0 Å². The third-order valence-electron chi connectivity index (χ3n) is 3.89. The average molecular weight is 329 g/mol. The minimum atomic E-state index is -4.48. The van der Waals surface area contributed by atoms with E-state index in [-0.39, 0.29) is 30.4 Å². The van der Waals surface area contributed by atoms with Crippen molar-refractivity contribution in [2.24, 2.45) is 5.92 Å². The van der Waals surface area contributed by atoms with Gasteiger partial charge in [-0.05, 0) is 25.0 Å². The number of ketones is 1. The van der Waals surface area contributed by atoms with Gasteiger partial charge in [0.1, 0.15) is 6.61 Å². The average Bonchev–Trinajstić information content (AvgIpc) is 2.54. The lowest BCUT2D eigenvalue weighted by molar-refractivity contribution is -0.137. The van der Waals surface area contributed by atoms with Crippen LogP contribution in [0.25, 0.3) is 0 Å². The molecule has 1 aliphatic rings. The number of amides is 1. The fourth-order valence-corrected chi connectivity index (χ4v) is 2.72. The van der Waals surface area contributed by atoms with Crippen molar-refractivity contribution in [1.29, 1.82) is 0 Å². The molecule has 1 saturated heterocycles. The summed E-state index contributed by atoms with van der Waals surface area (Å²) in [6.07, 6.45) is -3.28. The Hall–Kier alpha value is -1.89. The van der Waals surface area contributed by atoms with Gasteiger partial charge in [0.15, 0.2) is 5.78 Å². The first-order valence-corrected chi connectivity index (χ1v) is 7.31. The molecule has 1 fully saturated rings. The van der Waals surface area contributed by atoms with Crippen molar-refractivity contribution in [3.8, 4) is 0 Å². The number of hydrogen-bond acceptors (Lipinski definition) is 3. The second-order valence-corrected chi connectivity index (χ2v) is 5.55. The molecule has 1 amide bonds. The van der Waals surface area contributed by atoms with Crippen LogP contribution >= 0.6 is 0 Å². The molecule has 4 nitrogen and oxygen atoms in total. The van der Waals surface area contributed by atoms with Gasteiger partial charge >= 0.3 is 6.18 Å². The van der Waals surface area contributed by atoms with Gasteiger partial charge in [0.05, 0.1) is 5.56 Å². The normalized spacial score (nSPS) is 18.8. The molecular weight excluding hydrogens is 311 g/mol. The Balaban J connectivity index is 2.12. The van der Waals surface area contributed by atoms with Crippen molar-refractivity contribution in [2.45, 2.75) is 19.0 Å². The largest absolute Gasteiger partial charge is 0.416 e. The first kappa shape index (κ1) is 17.5. The number of carbonyl (C=O) groups excluding carboxylic acids is 2. The molecule has 0 radical (unpaired) electrons. The van der Waals surface area contributed by atoms with Crippen LogP contribution in [0.15, 0.2) is 24.3 Å². The predicted molar refractivity (Wildman–Crippen MR) is 77.0 cm³/mol. The van der Waals surface area contributed by atoms with Gasteiger partial charge in [-0.25, -0.2) is 0 Å². The highest BCUT2D eigenvalue weighted by Crippen LogP contribution is 2.30. The monoisotopic (exact) mass is 329 g/mol. The first-order valence-electron chi connectivity index (χ1n) is 7.31. The van der Waals surface area contributed by atoms with E-state index in [2.05, 4.69) is 0 Å². The van der Waals surface area contributed by atoms with E-state index in [4.69, 9.17) is 4.74 Å². The van der Waals surface area contributed by atoms with Gasteiger partial charge in [-0.1, -0.05) is 12.1 Å². The molecule has 0 N–H and O–H groups in total. The Morgan fingerprint density at radius 1 is 1.35 bits per heavy atom. The smallest absolute Gasteiger partial charge is 0.375 e. The van der Waals surface area contributed by atoms with Crippen LogP contribution in [0.5, 0.6) is 0 Å². The van der Waals surface area contributed by atoms with Crippen molar-refractivity contribution in [3.05, 3.63) is 35.4 Å². The molecular formula is C16H18F3NO3. The molecule has 1 heterocycles. The van der Waals surface area contributed by atoms with E-state index in [1.807, 2.05) is 0 Å². The number of Topliss-reactive ketones (excluding diaryl/α,β-unsaturated/α-hetero) is 1. The van der Waals surface area contributed by atoms with E-state index in [0.29, 0.717) is 19.4 Å². The van der Waals surface area contributed by atoms with E-state index in [0.717, 1.165) is 12.1 Å². The van der Waals surface area contributed by atoms with Gasteiger partial charge < -0.3 is 9.64 Å². The van der Waals surface area contributed by atoms with Crippen LogP contribution in [0.4, 0.5) is 13.2 Å². The molecule has 0 aliphatic carbocycles. The third-order valence-corrected chi connectivity index (χ3v) is 3.89.